The number of rotatable bonds is 6. The van der Waals surface area contributed by atoms with Gasteiger partial charge in [0.1, 0.15) is 5.82 Å². The third-order valence-corrected chi connectivity index (χ3v) is 7.79. The second-order valence-corrected chi connectivity index (χ2v) is 11.0. The van der Waals surface area contributed by atoms with Crippen molar-refractivity contribution in [2.24, 2.45) is 0 Å². The van der Waals surface area contributed by atoms with Crippen LogP contribution in [0.15, 0.2) is 24.4 Å². The molecule has 0 bridgehead atoms. The molecule has 0 radical (unpaired) electrons. The van der Waals surface area contributed by atoms with E-state index < -0.39 is 14.8 Å². The zero-order chi connectivity index (χ0) is 21.2. The highest BCUT2D eigenvalue weighted by atomic mass is 32.2. The Labute approximate surface area is 173 Å². The Morgan fingerprint density at radius 3 is 2.31 bits per heavy atom. The van der Waals surface area contributed by atoms with Gasteiger partial charge in [0.2, 0.25) is 10.0 Å². The number of methoxy groups -OCH3 is 2. The van der Waals surface area contributed by atoms with Gasteiger partial charge >= 0.3 is 0 Å². The van der Waals surface area contributed by atoms with Crippen LogP contribution in [0.4, 0.5) is 0 Å². The van der Waals surface area contributed by atoms with Crippen molar-refractivity contribution in [1.82, 2.24) is 14.7 Å². The summed E-state index contributed by atoms with van der Waals surface area (Å²) in [5.41, 5.74) is 1.91. The molecule has 1 aliphatic rings. The van der Waals surface area contributed by atoms with Crippen molar-refractivity contribution in [3.8, 4) is 22.8 Å². The lowest BCUT2D eigenvalue weighted by Gasteiger charge is -2.30. The number of aromatic nitrogens is 2. The van der Waals surface area contributed by atoms with Gasteiger partial charge in [0.15, 0.2) is 11.5 Å². The minimum Gasteiger partial charge on any atom is -0.493 e. The molecule has 2 N–H and O–H groups in total. The number of aromatic amines is 1. The SMILES string of the molecule is COc1ccc(-c2cnc(C3CCC(NS(=O)(=O)C(C)(C)C)CC3)[nH]2)cc1OC. The average molecular weight is 422 g/mol. The van der Waals surface area contributed by atoms with Crippen LogP contribution in [-0.4, -0.2) is 43.4 Å². The second kappa shape index (κ2) is 8.36. The van der Waals surface area contributed by atoms with Crippen molar-refractivity contribution in [2.75, 3.05) is 14.2 Å². The molecular weight excluding hydrogens is 390 g/mol. The molecule has 1 heterocycles. The van der Waals surface area contributed by atoms with Crippen LogP contribution < -0.4 is 14.2 Å². The van der Waals surface area contributed by atoms with E-state index in [1.807, 2.05) is 24.4 Å². The summed E-state index contributed by atoms with van der Waals surface area (Å²) in [6, 6.07) is 5.77. The minimum absolute atomic E-state index is 0.00393. The Morgan fingerprint density at radius 1 is 1.07 bits per heavy atom. The van der Waals surface area contributed by atoms with E-state index in [1.54, 1.807) is 35.0 Å². The summed E-state index contributed by atoms with van der Waals surface area (Å²) in [7, 11) is -0.0871. The summed E-state index contributed by atoms with van der Waals surface area (Å²) in [4.78, 5) is 8.02. The lowest BCUT2D eigenvalue weighted by Crippen LogP contribution is -2.45. The van der Waals surface area contributed by atoms with Gasteiger partial charge in [-0.1, -0.05) is 0 Å². The molecule has 0 amide bonds. The standard InChI is InChI=1S/C21H31N3O4S/c1-21(2,3)29(25,26)24-16-9-6-14(7-10-16)20-22-13-17(23-20)15-8-11-18(27-4)19(12-15)28-5/h8,11-14,16,24H,6-7,9-10H2,1-5H3,(H,22,23). The van der Waals surface area contributed by atoms with Crippen molar-refractivity contribution < 1.29 is 17.9 Å². The van der Waals surface area contributed by atoms with E-state index in [9.17, 15) is 8.42 Å². The van der Waals surface area contributed by atoms with Crippen molar-refractivity contribution in [3.63, 3.8) is 0 Å². The number of sulfonamides is 1. The van der Waals surface area contributed by atoms with Crippen molar-refractivity contribution in [1.29, 1.82) is 0 Å². The van der Waals surface area contributed by atoms with Gasteiger partial charge in [-0.15, -0.1) is 0 Å². The van der Waals surface area contributed by atoms with E-state index in [0.29, 0.717) is 17.4 Å². The Bertz CT molecular complexity index is 939. The van der Waals surface area contributed by atoms with Crippen LogP contribution in [0.25, 0.3) is 11.3 Å². The third kappa shape index (κ3) is 4.75. The summed E-state index contributed by atoms with van der Waals surface area (Å²) in [6.07, 6.45) is 5.26. The molecular formula is C21H31N3O4S. The average Bonchev–Trinajstić information content (AvgIpc) is 3.17. The summed E-state index contributed by atoms with van der Waals surface area (Å²) >= 11 is 0. The fourth-order valence-electron chi connectivity index (χ4n) is 3.58. The predicted octanol–water partition coefficient (Wildman–Crippen LogP) is 3.84. The first-order chi connectivity index (χ1) is 13.6. The molecule has 0 spiro atoms. The largest absolute Gasteiger partial charge is 0.493 e. The summed E-state index contributed by atoms with van der Waals surface area (Å²) in [6.45, 7) is 5.17. The molecule has 1 fully saturated rings. The van der Waals surface area contributed by atoms with Crippen LogP contribution in [0.2, 0.25) is 0 Å². The first kappa shape index (κ1) is 21.6. The third-order valence-electron chi connectivity index (χ3n) is 5.53. The van der Waals surface area contributed by atoms with Crippen LogP contribution in [0, 0.1) is 0 Å². The normalized spacial score (nSPS) is 20.4. The monoisotopic (exact) mass is 421 g/mol. The molecule has 1 aliphatic carbocycles. The van der Waals surface area contributed by atoms with E-state index >= 15 is 0 Å². The number of H-pyrrole nitrogens is 1. The van der Waals surface area contributed by atoms with E-state index in [-0.39, 0.29) is 6.04 Å². The molecule has 160 valence electrons. The lowest BCUT2D eigenvalue weighted by molar-refractivity contribution is 0.355. The molecule has 2 aromatic rings. The molecule has 3 rings (SSSR count). The van der Waals surface area contributed by atoms with Crippen LogP contribution in [0.1, 0.15) is 58.2 Å². The Kier molecular flexibility index (Phi) is 6.24. The molecule has 1 aromatic carbocycles. The molecule has 1 saturated carbocycles. The van der Waals surface area contributed by atoms with E-state index in [1.165, 1.54) is 0 Å². The van der Waals surface area contributed by atoms with E-state index in [0.717, 1.165) is 42.8 Å². The zero-order valence-corrected chi connectivity index (χ0v) is 18.6. The quantitative estimate of drug-likeness (QED) is 0.739. The number of nitrogens with zero attached hydrogens (tertiary/aromatic N) is 1. The molecule has 0 aliphatic heterocycles. The highest BCUT2D eigenvalue weighted by Gasteiger charge is 2.33. The molecule has 0 saturated heterocycles. The van der Waals surface area contributed by atoms with Crippen LogP contribution >= 0.6 is 0 Å². The Morgan fingerprint density at radius 2 is 1.72 bits per heavy atom. The maximum absolute atomic E-state index is 12.4. The second-order valence-electron chi connectivity index (χ2n) is 8.53. The van der Waals surface area contributed by atoms with Crippen LogP contribution in [-0.2, 0) is 10.0 Å². The highest BCUT2D eigenvalue weighted by Crippen LogP contribution is 2.35. The van der Waals surface area contributed by atoms with Gasteiger partial charge in [-0.05, 0) is 64.7 Å². The number of ether oxygens (including phenoxy) is 2. The summed E-state index contributed by atoms with van der Waals surface area (Å²) in [5, 5.41) is 0. The predicted molar refractivity (Wildman–Crippen MR) is 114 cm³/mol. The highest BCUT2D eigenvalue weighted by molar-refractivity contribution is 7.90. The fourth-order valence-corrected chi connectivity index (χ4v) is 4.60. The van der Waals surface area contributed by atoms with Gasteiger partial charge < -0.3 is 14.5 Å². The van der Waals surface area contributed by atoms with Gasteiger partial charge in [0.25, 0.3) is 0 Å². The van der Waals surface area contributed by atoms with Gasteiger partial charge in [-0.25, -0.2) is 18.1 Å². The molecule has 29 heavy (non-hydrogen) atoms. The molecule has 1 aromatic heterocycles. The smallest absolute Gasteiger partial charge is 0.216 e. The van der Waals surface area contributed by atoms with Gasteiger partial charge in [0, 0.05) is 17.5 Å². The van der Waals surface area contributed by atoms with Crippen LogP contribution in [0.3, 0.4) is 0 Å². The number of benzene rings is 1. The Hall–Kier alpha value is -2.06. The molecule has 7 nitrogen and oxygen atoms in total. The van der Waals surface area contributed by atoms with Gasteiger partial charge in [-0.2, -0.15) is 0 Å². The summed E-state index contributed by atoms with van der Waals surface area (Å²) < 4.78 is 37.5. The number of hydrogen-bond acceptors (Lipinski definition) is 5. The summed E-state index contributed by atoms with van der Waals surface area (Å²) in [5.74, 6) is 2.62. The molecule has 0 unspecified atom stereocenters. The van der Waals surface area contributed by atoms with E-state index in [4.69, 9.17) is 9.47 Å². The lowest BCUT2D eigenvalue weighted by atomic mass is 9.86. The fraction of sp³-hybridized carbons (Fsp3) is 0.571. The maximum Gasteiger partial charge on any atom is 0.216 e. The molecule has 8 heteroatoms. The van der Waals surface area contributed by atoms with Gasteiger partial charge in [0.05, 0.1) is 30.9 Å². The number of imidazole rings is 1. The van der Waals surface area contributed by atoms with Gasteiger partial charge in [-0.3, -0.25) is 0 Å². The van der Waals surface area contributed by atoms with E-state index in [2.05, 4.69) is 14.7 Å². The molecule has 0 atom stereocenters. The first-order valence-electron chi connectivity index (χ1n) is 9.94. The van der Waals surface area contributed by atoms with Crippen LogP contribution in [0.5, 0.6) is 11.5 Å². The topological polar surface area (TPSA) is 93.3 Å². The minimum atomic E-state index is -3.32. The van der Waals surface area contributed by atoms with Crippen molar-refractivity contribution in [2.45, 2.75) is 63.2 Å². The Balaban J connectivity index is 1.65. The van der Waals surface area contributed by atoms with Crippen molar-refractivity contribution in [3.05, 3.63) is 30.2 Å². The number of hydrogen-bond donors (Lipinski definition) is 2. The zero-order valence-electron chi connectivity index (χ0n) is 17.8. The van der Waals surface area contributed by atoms with Crippen molar-refractivity contribution >= 4 is 10.0 Å². The first-order valence-corrected chi connectivity index (χ1v) is 11.4. The number of nitrogens with one attached hydrogen (secondary N) is 2. The maximum atomic E-state index is 12.4.